The zero-order chi connectivity index (χ0) is 22.0. The maximum absolute atomic E-state index is 12.5. The summed E-state index contributed by atoms with van der Waals surface area (Å²) < 4.78 is 29.3. The molecule has 0 bridgehead atoms. The van der Waals surface area contributed by atoms with E-state index in [0.717, 1.165) is 11.3 Å². The molecule has 2 aromatic carbocycles. The summed E-state index contributed by atoms with van der Waals surface area (Å²) >= 11 is 2.30. The minimum Gasteiger partial charge on any atom is -0.435 e. The highest BCUT2D eigenvalue weighted by atomic mass is 32.1. The van der Waals surface area contributed by atoms with E-state index in [-0.39, 0.29) is 22.3 Å². The second kappa shape index (κ2) is 8.57. The average molecular weight is 463 g/mol. The molecule has 0 aliphatic heterocycles. The number of thiazole rings is 2. The Morgan fingerprint density at radius 2 is 1.90 bits per heavy atom. The zero-order valence-electron chi connectivity index (χ0n) is 15.2. The van der Waals surface area contributed by atoms with Crippen LogP contribution in [0.4, 0.5) is 30.4 Å². The Labute approximate surface area is 180 Å². The Bertz CT molecular complexity index is 1260. The second-order valence-electron chi connectivity index (χ2n) is 5.95. The molecule has 2 aromatic heterocycles. The molecule has 158 valence electrons. The summed E-state index contributed by atoms with van der Waals surface area (Å²) in [5.41, 5.74) is 1.20. The molecule has 2 heterocycles. The normalized spacial score (nSPS) is 10.9. The summed E-state index contributed by atoms with van der Waals surface area (Å²) in [7, 11) is 0. The first-order chi connectivity index (χ1) is 14.9. The van der Waals surface area contributed by atoms with Crippen molar-refractivity contribution < 1.29 is 23.2 Å². The van der Waals surface area contributed by atoms with Crippen molar-refractivity contribution in [2.75, 3.05) is 10.6 Å². The number of fused-ring (bicyclic) bond motifs is 1. The van der Waals surface area contributed by atoms with Gasteiger partial charge in [-0.05, 0) is 30.3 Å². The number of ether oxygens (including phenoxy) is 1. The van der Waals surface area contributed by atoms with Gasteiger partial charge in [0, 0.05) is 23.2 Å². The average Bonchev–Trinajstić information content (AvgIpc) is 3.34. The Morgan fingerprint density at radius 3 is 2.61 bits per heavy atom. The van der Waals surface area contributed by atoms with E-state index < -0.39 is 17.4 Å². The van der Waals surface area contributed by atoms with Crippen LogP contribution in [-0.4, -0.2) is 27.4 Å². The van der Waals surface area contributed by atoms with E-state index in [2.05, 4.69) is 25.3 Å². The quantitative estimate of drug-likeness (QED) is 0.283. The third kappa shape index (κ3) is 4.90. The molecule has 0 spiro atoms. The van der Waals surface area contributed by atoms with Gasteiger partial charge in [-0.1, -0.05) is 11.3 Å². The number of benzene rings is 2. The van der Waals surface area contributed by atoms with Gasteiger partial charge in [-0.25, -0.2) is 9.97 Å². The predicted octanol–water partition coefficient (Wildman–Crippen LogP) is 5.26. The van der Waals surface area contributed by atoms with E-state index >= 15 is 0 Å². The Balaban J connectivity index is 1.42. The molecule has 0 aliphatic carbocycles. The molecule has 2 N–H and O–H groups in total. The topological polar surface area (TPSA) is 119 Å². The molecule has 4 aromatic rings. The van der Waals surface area contributed by atoms with Gasteiger partial charge in [-0.3, -0.25) is 20.2 Å². The van der Waals surface area contributed by atoms with Gasteiger partial charge in [-0.2, -0.15) is 8.78 Å². The van der Waals surface area contributed by atoms with Crippen LogP contribution in [0.1, 0.15) is 10.5 Å². The van der Waals surface area contributed by atoms with Crippen LogP contribution in [0.25, 0.3) is 10.2 Å². The van der Waals surface area contributed by atoms with Gasteiger partial charge in [0.2, 0.25) is 0 Å². The first-order valence-corrected chi connectivity index (χ1v) is 10.2. The summed E-state index contributed by atoms with van der Waals surface area (Å²) in [6, 6.07) is 10.1. The van der Waals surface area contributed by atoms with Crippen molar-refractivity contribution in [3.05, 3.63) is 63.7 Å². The van der Waals surface area contributed by atoms with Crippen molar-refractivity contribution in [3.8, 4) is 5.75 Å². The van der Waals surface area contributed by atoms with Crippen LogP contribution in [0.3, 0.4) is 0 Å². The zero-order valence-corrected chi connectivity index (χ0v) is 16.9. The van der Waals surface area contributed by atoms with Gasteiger partial charge in [-0.15, -0.1) is 11.3 Å². The van der Waals surface area contributed by atoms with E-state index in [1.807, 2.05) is 0 Å². The summed E-state index contributed by atoms with van der Waals surface area (Å²) in [6.07, 6.45) is 0. The van der Waals surface area contributed by atoms with Crippen LogP contribution in [0, 0.1) is 10.1 Å². The Morgan fingerprint density at radius 1 is 1.13 bits per heavy atom. The molecule has 1 amide bonds. The largest absolute Gasteiger partial charge is 0.435 e. The molecule has 0 saturated carbocycles. The van der Waals surface area contributed by atoms with Crippen molar-refractivity contribution in [1.29, 1.82) is 0 Å². The van der Waals surface area contributed by atoms with Crippen molar-refractivity contribution in [1.82, 2.24) is 9.97 Å². The van der Waals surface area contributed by atoms with Crippen LogP contribution >= 0.6 is 22.7 Å². The summed E-state index contributed by atoms with van der Waals surface area (Å²) in [5.74, 6) is -0.459. The van der Waals surface area contributed by atoms with E-state index in [9.17, 15) is 23.7 Å². The molecule has 13 heteroatoms. The number of nitrogens with one attached hydrogen (secondary N) is 2. The number of nitro benzene ring substituents is 1. The summed E-state index contributed by atoms with van der Waals surface area (Å²) in [4.78, 5) is 31.3. The van der Waals surface area contributed by atoms with Gasteiger partial charge >= 0.3 is 6.61 Å². The molecule has 0 saturated heterocycles. The standard InChI is InChI=1S/C18H11F2N5O4S2/c19-16(20)29-11-4-1-9(2-5-11)21-17-23-13(8-30-17)15(26)24-18-22-12-6-3-10(25(27)28)7-14(12)31-18/h1-8,16H,(H,21,23)(H,22,24,26). The van der Waals surface area contributed by atoms with Crippen molar-refractivity contribution in [3.63, 3.8) is 0 Å². The van der Waals surface area contributed by atoms with Crippen LogP contribution in [-0.2, 0) is 0 Å². The molecular formula is C18H11F2N5O4S2. The molecule has 0 fully saturated rings. The number of carbonyl (C=O) groups is 1. The number of alkyl halides is 2. The van der Waals surface area contributed by atoms with Gasteiger partial charge < -0.3 is 10.1 Å². The number of amides is 1. The van der Waals surface area contributed by atoms with E-state index in [0.29, 0.717) is 21.0 Å². The fraction of sp³-hybridized carbons (Fsp3) is 0.0556. The van der Waals surface area contributed by atoms with Crippen LogP contribution in [0.15, 0.2) is 47.8 Å². The number of aromatic nitrogens is 2. The lowest BCUT2D eigenvalue weighted by Gasteiger charge is -2.06. The van der Waals surface area contributed by atoms with Crippen LogP contribution in [0.5, 0.6) is 5.75 Å². The summed E-state index contributed by atoms with van der Waals surface area (Å²) in [5, 5.41) is 18.7. The molecular weight excluding hydrogens is 452 g/mol. The third-order valence-corrected chi connectivity index (χ3v) is 5.56. The minimum atomic E-state index is -2.90. The lowest BCUT2D eigenvalue weighted by atomic mass is 10.3. The predicted molar refractivity (Wildman–Crippen MR) is 113 cm³/mol. The number of halogens is 2. The van der Waals surface area contributed by atoms with Gasteiger partial charge in [0.05, 0.1) is 15.1 Å². The van der Waals surface area contributed by atoms with Gasteiger partial charge in [0.1, 0.15) is 11.4 Å². The molecule has 0 atom stereocenters. The monoisotopic (exact) mass is 463 g/mol. The first-order valence-electron chi connectivity index (χ1n) is 8.51. The second-order valence-corrected chi connectivity index (χ2v) is 7.84. The fourth-order valence-corrected chi connectivity index (χ4v) is 4.12. The van der Waals surface area contributed by atoms with Gasteiger partial charge in [0.15, 0.2) is 10.3 Å². The maximum atomic E-state index is 12.5. The molecule has 9 nitrogen and oxygen atoms in total. The number of non-ortho nitro benzene ring substituents is 1. The number of rotatable bonds is 7. The Kier molecular flexibility index (Phi) is 5.68. The maximum Gasteiger partial charge on any atom is 0.387 e. The third-order valence-electron chi connectivity index (χ3n) is 3.87. The lowest BCUT2D eigenvalue weighted by Crippen LogP contribution is -2.12. The van der Waals surface area contributed by atoms with Crippen LogP contribution in [0.2, 0.25) is 0 Å². The van der Waals surface area contributed by atoms with Gasteiger partial charge in [0.25, 0.3) is 11.6 Å². The number of anilines is 3. The highest BCUT2D eigenvalue weighted by Crippen LogP contribution is 2.30. The Hall–Kier alpha value is -3.71. The van der Waals surface area contributed by atoms with Crippen molar-refractivity contribution in [2.45, 2.75) is 6.61 Å². The van der Waals surface area contributed by atoms with E-state index in [1.165, 1.54) is 41.7 Å². The molecule has 4 rings (SSSR count). The number of nitro groups is 1. The number of carbonyl (C=O) groups excluding carboxylic acids is 1. The summed E-state index contributed by atoms with van der Waals surface area (Å²) in [6.45, 7) is -2.90. The van der Waals surface area contributed by atoms with E-state index in [1.54, 1.807) is 17.5 Å². The number of nitrogens with zero attached hydrogens (tertiary/aromatic N) is 3. The molecule has 0 unspecified atom stereocenters. The number of hydrogen-bond donors (Lipinski definition) is 2. The SMILES string of the molecule is O=C(Nc1nc2ccc([N+](=O)[O-])cc2s1)c1csc(Nc2ccc(OC(F)F)cc2)n1. The highest BCUT2D eigenvalue weighted by molar-refractivity contribution is 7.22. The smallest absolute Gasteiger partial charge is 0.387 e. The number of hydrogen-bond acceptors (Lipinski definition) is 9. The van der Waals surface area contributed by atoms with E-state index in [4.69, 9.17) is 0 Å². The lowest BCUT2D eigenvalue weighted by molar-refractivity contribution is -0.384. The van der Waals surface area contributed by atoms with Crippen LogP contribution < -0.4 is 15.4 Å². The highest BCUT2D eigenvalue weighted by Gasteiger charge is 2.15. The minimum absolute atomic E-state index is 0.0286. The molecule has 0 aliphatic rings. The molecule has 31 heavy (non-hydrogen) atoms. The molecule has 0 radical (unpaired) electrons. The van der Waals surface area contributed by atoms with Crippen molar-refractivity contribution >= 4 is 60.4 Å². The van der Waals surface area contributed by atoms with Crippen molar-refractivity contribution in [2.24, 2.45) is 0 Å². The fourth-order valence-electron chi connectivity index (χ4n) is 2.52. The first kappa shape index (κ1) is 20.6.